The van der Waals surface area contributed by atoms with Crippen molar-refractivity contribution in [2.75, 3.05) is 6.54 Å². The maximum Gasteiger partial charge on any atom is 0.0291 e. The second-order valence-electron chi connectivity index (χ2n) is 5.82. The number of aryl methyl sites for hydroxylation is 1. The van der Waals surface area contributed by atoms with Gasteiger partial charge in [-0.1, -0.05) is 43.2 Å². The molecule has 0 bridgehead atoms. The van der Waals surface area contributed by atoms with Crippen molar-refractivity contribution in [3.05, 3.63) is 35.4 Å². The first-order valence-electron chi connectivity index (χ1n) is 6.95. The van der Waals surface area contributed by atoms with Crippen LogP contribution in [0.15, 0.2) is 24.3 Å². The summed E-state index contributed by atoms with van der Waals surface area (Å²) in [7, 11) is 0. The normalized spacial score (nSPS) is 26.1. The lowest BCUT2D eigenvalue weighted by molar-refractivity contribution is 0.440. The SMILES string of the molecule is Cc1ccc(C(C)NCC2CCC(C)C2)cc1. The summed E-state index contributed by atoms with van der Waals surface area (Å²) in [5.41, 5.74) is 2.74. The maximum atomic E-state index is 3.68. The van der Waals surface area contributed by atoms with Crippen LogP contribution in [-0.2, 0) is 0 Å². The molecule has 1 aliphatic rings. The molecule has 3 unspecified atom stereocenters. The van der Waals surface area contributed by atoms with Gasteiger partial charge in [-0.15, -0.1) is 0 Å². The quantitative estimate of drug-likeness (QED) is 0.823. The first-order chi connectivity index (χ1) is 8.15. The zero-order chi connectivity index (χ0) is 12.3. The Hall–Kier alpha value is -0.820. The van der Waals surface area contributed by atoms with Gasteiger partial charge >= 0.3 is 0 Å². The summed E-state index contributed by atoms with van der Waals surface area (Å²) in [6.45, 7) is 7.97. The Morgan fingerprint density at radius 1 is 1.24 bits per heavy atom. The Morgan fingerprint density at radius 3 is 2.53 bits per heavy atom. The van der Waals surface area contributed by atoms with Crippen molar-refractivity contribution in [2.45, 2.75) is 46.1 Å². The zero-order valence-corrected chi connectivity index (χ0v) is 11.4. The fourth-order valence-corrected chi connectivity index (χ4v) is 2.83. The first kappa shape index (κ1) is 12.6. The number of hydrogen-bond acceptors (Lipinski definition) is 1. The Labute approximate surface area is 106 Å². The minimum Gasteiger partial charge on any atom is -0.310 e. The number of nitrogens with one attached hydrogen (secondary N) is 1. The molecule has 2 rings (SSSR count). The minimum atomic E-state index is 0.478. The Bertz CT molecular complexity index is 341. The van der Waals surface area contributed by atoms with E-state index in [0.717, 1.165) is 11.8 Å². The largest absolute Gasteiger partial charge is 0.310 e. The molecule has 1 aromatic carbocycles. The molecule has 1 aliphatic carbocycles. The third-order valence-corrected chi connectivity index (χ3v) is 4.09. The van der Waals surface area contributed by atoms with Crippen molar-refractivity contribution in [1.82, 2.24) is 5.32 Å². The lowest BCUT2D eigenvalue weighted by Gasteiger charge is -2.17. The molecule has 1 saturated carbocycles. The van der Waals surface area contributed by atoms with E-state index in [-0.39, 0.29) is 0 Å². The summed E-state index contributed by atoms with van der Waals surface area (Å²) < 4.78 is 0. The number of rotatable bonds is 4. The Kier molecular flexibility index (Phi) is 4.22. The van der Waals surface area contributed by atoms with Crippen LogP contribution in [0.3, 0.4) is 0 Å². The molecule has 1 aromatic rings. The molecule has 0 amide bonds. The van der Waals surface area contributed by atoms with Crippen LogP contribution in [-0.4, -0.2) is 6.54 Å². The standard InChI is InChI=1S/C16H25N/c1-12-5-8-16(9-6-12)14(3)17-11-15-7-4-13(2)10-15/h5-6,8-9,13-15,17H,4,7,10-11H2,1-3H3. The van der Waals surface area contributed by atoms with Crippen molar-refractivity contribution < 1.29 is 0 Å². The molecule has 0 radical (unpaired) electrons. The molecule has 0 saturated heterocycles. The van der Waals surface area contributed by atoms with Gasteiger partial charge < -0.3 is 5.32 Å². The van der Waals surface area contributed by atoms with Gasteiger partial charge in [0.25, 0.3) is 0 Å². The minimum absolute atomic E-state index is 0.478. The van der Waals surface area contributed by atoms with Crippen LogP contribution >= 0.6 is 0 Å². The van der Waals surface area contributed by atoms with Crippen molar-refractivity contribution in [1.29, 1.82) is 0 Å². The molecule has 1 nitrogen and oxygen atoms in total. The first-order valence-corrected chi connectivity index (χ1v) is 6.95. The Morgan fingerprint density at radius 2 is 1.94 bits per heavy atom. The van der Waals surface area contributed by atoms with Crippen LogP contribution in [0, 0.1) is 18.8 Å². The third kappa shape index (κ3) is 3.57. The number of hydrogen-bond donors (Lipinski definition) is 1. The molecule has 3 atom stereocenters. The predicted octanol–water partition coefficient (Wildman–Crippen LogP) is 4.08. The monoisotopic (exact) mass is 231 g/mol. The summed E-state index contributed by atoms with van der Waals surface area (Å²) in [5.74, 6) is 1.84. The van der Waals surface area contributed by atoms with E-state index < -0.39 is 0 Å². The van der Waals surface area contributed by atoms with E-state index in [9.17, 15) is 0 Å². The molecule has 17 heavy (non-hydrogen) atoms. The van der Waals surface area contributed by atoms with Gasteiger partial charge in [0, 0.05) is 6.04 Å². The Balaban J connectivity index is 1.81. The van der Waals surface area contributed by atoms with E-state index in [2.05, 4.69) is 50.4 Å². The molecular formula is C16H25N. The fourth-order valence-electron chi connectivity index (χ4n) is 2.83. The highest BCUT2D eigenvalue weighted by Crippen LogP contribution is 2.30. The van der Waals surface area contributed by atoms with Crippen molar-refractivity contribution in [3.8, 4) is 0 Å². The highest BCUT2D eigenvalue weighted by atomic mass is 14.9. The van der Waals surface area contributed by atoms with Gasteiger partial charge in [-0.05, 0) is 50.6 Å². The van der Waals surface area contributed by atoms with Crippen LogP contribution in [0.4, 0.5) is 0 Å². The molecule has 0 heterocycles. The molecule has 94 valence electrons. The van der Waals surface area contributed by atoms with E-state index in [1.807, 2.05) is 0 Å². The third-order valence-electron chi connectivity index (χ3n) is 4.09. The van der Waals surface area contributed by atoms with Crippen molar-refractivity contribution in [2.24, 2.45) is 11.8 Å². The smallest absolute Gasteiger partial charge is 0.0291 e. The van der Waals surface area contributed by atoms with Crippen LogP contribution in [0.25, 0.3) is 0 Å². The van der Waals surface area contributed by atoms with Gasteiger partial charge in [0.2, 0.25) is 0 Å². The van der Waals surface area contributed by atoms with Crippen molar-refractivity contribution >= 4 is 0 Å². The van der Waals surface area contributed by atoms with Gasteiger partial charge in [0.05, 0.1) is 0 Å². The van der Waals surface area contributed by atoms with Crippen LogP contribution in [0.5, 0.6) is 0 Å². The summed E-state index contributed by atoms with van der Waals surface area (Å²) in [5, 5.41) is 3.68. The fraction of sp³-hybridized carbons (Fsp3) is 0.625. The highest BCUT2D eigenvalue weighted by molar-refractivity contribution is 5.23. The molecule has 0 aromatic heterocycles. The van der Waals surface area contributed by atoms with Crippen LogP contribution in [0.1, 0.15) is 50.3 Å². The lowest BCUT2D eigenvalue weighted by Crippen LogP contribution is -2.24. The second-order valence-corrected chi connectivity index (χ2v) is 5.82. The zero-order valence-electron chi connectivity index (χ0n) is 11.4. The van der Waals surface area contributed by atoms with Gasteiger partial charge in [-0.25, -0.2) is 0 Å². The highest BCUT2D eigenvalue weighted by Gasteiger charge is 2.21. The van der Waals surface area contributed by atoms with Crippen LogP contribution in [0.2, 0.25) is 0 Å². The summed E-state index contributed by atoms with van der Waals surface area (Å²) in [6, 6.07) is 9.36. The van der Waals surface area contributed by atoms with Crippen molar-refractivity contribution in [3.63, 3.8) is 0 Å². The van der Waals surface area contributed by atoms with Gasteiger partial charge in [-0.3, -0.25) is 0 Å². The van der Waals surface area contributed by atoms with E-state index in [1.165, 1.54) is 36.9 Å². The van der Waals surface area contributed by atoms with E-state index in [4.69, 9.17) is 0 Å². The molecule has 1 heteroatoms. The molecular weight excluding hydrogens is 206 g/mol. The lowest BCUT2D eigenvalue weighted by atomic mass is 10.0. The summed E-state index contributed by atoms with van der Waals surface area (Å²) >= 11 is 0. The molecule has 0 aliphatic heterocycles. The van der Waals surface area contributed by atoms with E-state index in [0.29, 0.717) is 6.04 Å². The predicted molar refractivity (Wildman–Crippen MR) is 74.1 cm³/mol. The average molecular weight is 231 g/mol. The second kappa shape index (κ2) is 5.68. The average Bonchev–Trinajstić information content (AvgIpc) is 2.73. The van der Waals surface area contributed by atoms with Gasteiger partial charge in [0.15, 0.2) is 0 Å². The molecule has 0 spiro atoms. The van der Waals surface area contributed by atoms with Gasteiger partial charge in [0.1, 0.15) is 0 Å². The van der Waals surface area contributed by atoms with E-state index >= 15 is 0 Å². The van der Waals surface area contributed by atoms with E-state index in [1.54, 1.807) is 0 Å². The molecule has 1 fully saturated rings. The number of benzene rings is 1. The summed E-state index contributed by atoms with van der Waals surface area (Å²) in [6.07, 6.45) is 4.24. The maximum absolute atomic E-state index is 3.68. The van der Waals surface area contributed by atoms with Crippen LogP contribution < -0.4 is 5.32 Å². The molecule has 1 N–H and O–H groups in total. The topological polar surface area (TPSA) is 12.0 Å². The summed E-state index contributed by atoms with van der Waals surface area (Å²) in [4.78, 5) is 0. The van der Waals surface area contributed by atoms with Gasteiger partial charge in [-0.2, -0.15) is 0 Å².